The molecule has 0 saturated carbocycles. The maximum atomic E-state index is 13.1. The molecular formula is C25H28N3O3+. The van der Waals surface area contributed by atoms with Crippen molar-refractivity contribution < 1.29 is 19.6 Å². The number of hydrogen-bond acceptors (Lipinski definition) is 3. The molecule has 6 nitrogen and oxygen atoms in total. The molecule has 31 heavy (non-hydrogen) atoms. The summed E-state index contributed by atoms with van der Waals surface area (Å²) in [5, 5.41) is 7.62. The Morgan fingerprint density at radius 1 is 0.935 bits per heavy atom. The number of para-hydroxylation sites is 1. The quantitative estimate of drug-likeness (QED) is 0.499. The van der Waals surface area contributed by atoms with Gasteiger partial charge in [0, 0.05) is 23.0 Å². The Kier molecular flexibility index (Phi) is 7.79. The first-order valence-corrected chi connectivity index (χ1v) is 10.3. The Hall–Kier alpha value is -3.64. The van der Waals surface area contributed by atoms with E-state index in [0.717, 1.165) is 23.2 Å². The molecule has 1 atom stereocenters. The third-order valence-electron chi connectivity index (χ3n) is 4.99. The molecule has 3 aromatic carbocycles. The van der Waals surface area contributed by atoms with Gasteiger partial charge in [-0.2, -0.15) is 0 Å². The van der Waals surface area contributed by atoms with E-state index < -0.39 is 6.04 Å². The number of ether oxygens (including phenoxy) is 1. The Morgan fingerprint density at radius 2 is 1.68 bits per heavy atom. The van der Waals surface area contributed by atoms with Crippen LogP contribution in [0.3, 0.4) is 0 Å². The smallest absolute Gasteiger partial charge is 0.287 e. The van der Waals surface area contributed by atoms with E-state index in [0.29, 0.717) is 11.4 Å². The highest BCUT2D eigenvalue weighted by Gasteiger charge is 2.25. The fourth-order valence-corrected chi connectivity index (χ4v) is 3.35. The number of amides is 2. The Labute approximate surface area is 182 Å². The van der Waals surface area contributed by atoms with Crippen LogP contribution >= 0.6 is 0 Å². The molecule has 160 valence electrons. The van der Waals surface area contributed by atoms with E-state index in [9.17, 15) is 9.59 Å². The molecule has 2 amide bonds. The molecule has 0 bridgehead atoms. The van der Waals surface area contributed by atoms with Gasteiger partial charge in [0.2, 0.25) is 0 Å². The molecule has 0 saturated heterocycles. The van der Waals surface area contributed by atoms with Crippen molar-refractivity contribution in [3.63, 3.8) is 0 Å². The zero-order valence-corrected chi connectivity index (χ0v) is 17.8. The fraction of sp³-hybridized carbons (Fsp3) is 0.200. The first kappa shape index (κ1) is 22.1. The number of aryl methyl sites for hydroxylation is 1. The van der Waals surface area contributed by atoms with Crippen molar-refractivity contribution in [3.05, 3.63) is 90.0 Å². The maximum absolute atomic E-state index is 13.1. The second kappa shape index (κ2) is 10.9. The minimum atomic E-state index is -0.570. The van der Waals surface area contributed by atoms with Gasteiger partial charge in [0.25, 0.3) is 11.8 Å². The predicted molar refractivity (Wildman–Crippen MR) is 122 cm³/mol. The van der Waals surface area contributed by atoms with E-state index >= 15 is 0 Å². The minimum absolute atomic E-state index is 0.114. The van der Waals surface area contributed by atoms with Gasteiger partial charge in [-0.15, -0.1) is 0 Å². The average molecular weight is 419 g/mol. The van der Waals surface area contributed by atoms with Gasteiger partial charge < -0.3 is 20.7 Å². The molecule has 0 aliphatic rings. The molecule has 3 rings (SSSR count). The third-order valence-corrected chi connectivity index (χ3v) is 4.99. The second-order valence-electron chi connectivity index (χ2n) is 7.11. The van der Waals surface area contributed by atoms with Gasteiger partial charge in [0.05, 0.1) is 7.11 Å². The summed E-state index contributed by atoms with van der Waals surface area (Å²) in [4.78, 5) is 25.7. The van der Waals surface area contributed by atoms with Crippen molar-refractivity contribution in [3.8, 4) is 5.75 Å². The molecule has 6 heteroatoms. The number of nitrogens with two attached hydrogens (primary N) is 1. The Balaban J connectivity index is 1.70. The van der Waals surface area contributed by atoms with Gasteiger partial charge in [-0.25, -0.2) is 0 Å². The number of carbonyl (C=O) groups is 2. The highest BCUT2D eigenvalue weighted by Crippen LogP contribution is 2.19. The predicted octanol–water partition coefficient (Wildman–Crippen LogP) is 3.14. The number of benzene rings is 3. The molecule has 3 aromatic rings. The van der Waals surface area contributed by atoms with E-state index in [1.165, 1.54) is 0 Å². The van der Waals surface area contributed by atoms with Crippen molar-refractivity contribution in [2.24, 2.45) is 0 Å². The van der Waals surface area contributed by atoms with Crippen LogP contribution in [0.4, 0.5) is 11.4 Å². The summed E-state index contributed by atoms with van der Waals surface area (Å²) in [6, 6.07) is 23.8. The molecule has 0 fully saturated rings. The number of carbonyl (C=O) groups excluding carboxylic acids is 2. The van der Waals surface area contributed by atoms with Crippen molar-refractivity contribution in [1.82, 2.24) is 0 Å². The minimum Gasteiger partial charge on any atom is -0.497 e. The number of nitrogens with one attached hydrogen (secondary N) is 2. The fourth-order valence-electron chi connectivity index (χ4n) is 3.35. The summed E-state index contributed by atoms with van der Waals surface area (Å²) in [6.07, 6.45) is 0.829. The highest BCUT2D eigenvalue weighted by atomic mass is 16.5. The van der Waals surface area contributed by atoms with Gasteiger partial charge >= 0.3 is 0 Å². The maximum Gasteiger partial charge on any atom is 0.287 e. The van der Waals surface area contributed by atoms with E-state index in [-0.39, 0.29) is 18.4 Å². The molecule has 0 aliphatic heterocycles. The molecule has 0 unspecified atom stereocenters. The van der Waals surface area contributed by atoms with Crippen LogP contribution in [-0.2, 0) is 16.0 Å². The van der Waals surface area contributed by atoms with Crippen LogP contribution < -0.4 is 20.7 Å². The summed E-state index contributed by atoms with van der Waals surface area (Å²) < 4.78 is 5.22. The van der Waals surface area contributed by atoms with Crippen molar-refractivity contribution in [1.29, 1.82) is 0 Å². The second-order valence-corrected chi connectivity index (χ2v) is 7.11. The van der Waals surface area contributed by atoms with Crippen LogP contribution in [-0.4, -0.2) is 25.5 Å². The zero-order valence-electron chi connectivity index (χ0n) is 17.8. The average Bonchev–Trinajstić information content (AvgIpc) is 2.80. The van der Waals surface area contributed by atoms with Crippen LogP contribution in [0.5, 0.6) is 5.75 Å². The number of anilines is 2. The summed E-state index contributed by atoms with van der Waals surface area (Å²) in [5.74, 6) is 0.296. The first-order valence-electron chi connectivity index (χ1n) is 10.3. The lowest BCUT2D eigenvalue weighted by molar-refractivity contribution is -0.671. The lowest BCUT2D eigenvalue weighted by Crippen LogP contribution is -2.89. The van der Waals surface area contributed by atoms with Crippen LogP contribution in [0.1, 0.15) is 24.1 Å². The number of rotatable bonds is 9. The van der Waals surface area contributed by atoms with E-state index in [1.54, 1.807) is 24.6 Å². The largest absolute Gasteiger partial charge is 0.497 e. The van der Waals surface area contributed by atoms with Gasteiger partial charge in [-0.3, -0.25) is 9.59 Å². The summed E-state index contributed by atoms with van der Waals surface area (Å²) in [6.45, 7) is 2.16. The summed E-state index contributed by atoms with van der Waals surface area (Å²) >= 11 is 0. The summed E-state index contributed by atoms with van der Waals surface area (Å²) in [7, 11) is 1.58. The third kappa shape index (κ3) is 6.17. The van der Waals surface area contributed by atoms with Crippen LogP contribution in [0, 0.1) is 0 Å². The van der Waals surface area contributed by atoms with Crippen LogP contribution in [0.15, 0.2) is 78.9 Å². The molecule has 0 heterocycles. The molecule has 0 aliphatic carbocycles. The topological polar surface area (TPSA) is 84.0 Å². The Morgan fingerprint density at radius 3 is 2.42 bits per heavy atom. The number of methoxy groups -OCH3 is 1. The molecular weight excluding hydrogens is 390 g/mol. The highest BCUT2D eigenvalue weighted by molar-refractivity contribution is 5.95. The van der Waals surface area contributed by atoms with Gasteiger partial charge in [0.1, 0.15) is 5.75 Å². The molecule has 0 radical (unpaired) electrons. The standard InChI is InChI=1S/C25H27N3O3/c1-3-18-10-7-8-15-22(18)28-23(29)17-26-24(19-11-5-4-6-12-19)25(30)27-20-13-9-14-21(16-20)31-2/h4-16,24,26H,3,17H2,1-2H3,(H,27,30)(H,28,29)/p+1/t24-/m1/s1. The molecule has 0 spiro atoms. The van der Waals surface area contributed by atoms with Crippen molar-refractivity contribution in [2.45, 2.75) is 19.4 Å². The Bertz CT molecular complexity index is 1020. The molecule has 0 aromatic heterocycles. The lowest BCUT2D eigenvalue weighted by Gasteiger charge is -2.16. The first-order chi connectivity index (χ1) is 15.1. The van der Waals surface area contributed by atoms with Gasteiger partial charge in [0.15, 0.2) is 12.6 Å². The van der Waals surface area contributed by atoms with Gasteiger partial charge in [-0.1, -0.05) is 61.5 Å². The summed E-state index contributed by atoms with van der Waals surface area (Å²) in [5.41, 5.74) is 3.34. The van der Waals surface area contributed by atoms with Crippen LogP contribution in [0.2, 0.25) is 0 Å². The van der Waals surface area contributed by atoms with Crippen molar-refractivity contribution in [2.75, 3.05) is 24.3 Å². The van der Waals surface area contributed by atoms with Crippen molar-refractivity contribution >= 4 is 23.2 Å². The lowest BCUT2D eigenvalue weighted by atomic mass is 10.1. The van der Waals surface area contributed by atoms with E-state index in [4.69, 9.17) is 4.74 Å². The molecule has 4 N–H and O–H groups in total. The monoisotopic (exact) mass is 418 g/mol. The van der Waals surface area contributed by atoms with E-state index in [1.807, 2.05) is 73.7 Å². The van der Waals surface area contributed by atoms with E-state index in [2.05, 4.69) is 10.6 Å². The zero-order chi connectivity index (χ0) is 22.1. The van der Waals surface area contributed by atoms with Crippen LogP contribution in [0.25, 0.3) is 0 Å². The normalized spacial score (nSPS) is 11.4. The SMILES string of the molecule is CCc1ccccc1NC(=O)C[NH2+][C@@H](C(=O)Nc1cccc(OC)c1)c1ccccc1. The number of quaternary nitrogens is 1. The number of hydrogen-bond donors (Lipinski definition) is 3. The van der Waals surface area contributed by atoms with Gasteiger partial charge in [-0.05, 0) is 30.2 Å².